The molecule has 1 atom stereocenters. The average Bonchev–Trinajstić information content (AvgIpc) is 2.46. The highest BCUT2D eigenvalue weighted by molar-refractivity contribution is 6.33. The molecule has 1 fully saturated rings. The van der Waals surface area contributed by atoms with Gasteiger partial charge >= 0.3 is 0 Å². The number of nitrogens with one attached hydrogen (secondary N) is 2. The van der Waals surface area contributed by atoms with E-state index >= 15 is 0 Å². The van der Waals surface area contributed by atoms with Gasteiger partial charge in [-0.3, -0.25) is 4.79 Å². The molecular weight excluding hydrogens is 268 g/mol. The van der Waals surface area contributed by atoms with Crippen LogP contribution in [0.25, 0.3) is 0 Å². The molecular formula is C12H17ClN4O2. The second-order valence-electron chi connectivity index (χ2n) is 4.46. The predicted molar refractivity (Wildman–Crippen MR) is 72.9 cm³/mol. The van der Waals surface area contributed by atoms with Gasteiger partial charge in [0.2, 0.25) is 0 Å². The fourth-order valence-electron chi connectivity index (χ4n) is 1.97. The molecule has 0 radical (unpaired) electrons. The van der Waals surface area contributed by atoms with Gasteiger partial charge in [0.05, 0.1) is 11.6 Å². The Balaban J connectivity index is 1.95. The van der Waals surface area contributed by atoms with Crippen molar-refractivity contribution < 1.29 is 9.53 Å². The highest BCUT2D eigenvalue weighted by Crippen LogP contribution is 2.17. The van der Waals surface area contributed by atoms with E-state index in [9.17, 15) is 4.79 Å². The molecule has 2 rings (SSSR count). The van der Waals surface area contributed by atoms with Crippen LogP contribution in [0.4, 0.5) is 5.82 Å². The van der Waals surface area contributed by atoms with Gasteiger partial charge in [-0.1, -0.05) is 11.6 Å². The standard InChI is InChI=1S/C12H17ClN4O2/c13-9-3-4-10(17-14)16-11(9)12(18)15-6-8-2-1-5-19-7-8/h3-4,8H,1-2,5-7,14H2,(H,15,18)(H,16,17). The number of pyridine rings is 1. The number of nitrogen functional groups attached to an aromatic ring is 1. The summed E-state index contributed by atoms with van der Waals surface area (Å²) in [7, 11) is 0. The molecule has 1 saturated heterocycles. The van der Waals surface area contributed by atoms with E-state index in [4.69, 9.17) is 22.2 Å². The van der Waals surface area contributed by atoms with E-state index in [1.807, 2.05) is 0 Å². The summed E-state index contributed by atoms with van der Waals surface area (Å²) >= 11 is 5.95. The van der Waals surface area contributed by atoms with Gasteiger partial charge in [-0.15, -0.1) is 0 Å². The van der Waals surface area contributed by atoms with Crippen molar-refractivity contribution in [3.05, 3.63) is 22.8 Å². The number of halogens is 1. The van der Waals surface area contributed by atoms with E-state index in [1.54, 1.807) is 12.1 Å². The Bertz CT molecular complexity index is 449. The summed E-state index contributed by atoms with van der Waals surface area (Å²) in [5, 5.41) is 3.13. The van der Waals surface area contributed by atoms with E-state index in [1.165, 1.54) is 0 Å². The van der Waals surface area contributed by atoms with Gasteiger partial charge in [0.25, 0.3) is 5.91 Å². The predicted octanol–water partition coefficient (Wildman–Crippen LogP) is 1.18. The molecule has 1 aromatic rings. The molecule has 0 spiro atoms. The lowest BCUT2D eigenvalue weighted by Gasteiger charge is -2.22. The van der Waals surface area contributed by atoms with E-state index in [0.29, 0.717) is 29.9 Å². The van der Waals surface area contributed by atoms with Crippen molar-refractivity contribution in [2.24, 2.45) is 11.8 Å². The van der Waals surface area contributed by atoms with Gasteiger partial charge in [-0.25, -0.2) is 10.8 Å². The van der Waals surface area contributed by atoms with E-state index in [0.717, 1.165) is 19.4 Å². The van der Waals surface area contributed by atoms with Gasteiger partial charge in [0.1, 0.15) is 11.5 Å². The number of amides is 1. The van der Waals surface area contributed by atoms with Crippen molar-refractivity contribution in [3.8, 4) is 0 Å². The number of ether oxygens (including phenoxy) is 1. The first-order valence-electron chi connectivity index (χ1n) is 6.20. The van der Waals surface area contributed by atoms with Crippen LogP contribution in [-0.4, -0.2) is 30.6 Å². The van der Waals surface area contributed by atoms with Crippen LogP contribution in [0, 0.1) is 5.92 Å². The molecule has 1 aromatic heterocycles. The number of hydrazine groups is 1. The van der Waals surface area contributed by atoms with Crippen LogP contribution < -0.4 is 16.6 Å². The zero-order valence-electron chi connectivity index (χ0n) is 10.5. The third kappa shape index (κ3) is 3.79. The van der Waals surface area contributed by atoms with Crippen molar-refractivity contribution >= 4 is 23.3 Å². The molecule has 4 N–H and O–H groups in total. The minimum Gasteiger partial charge on any atom is -0.381 e. The highest BCUT2D eigenvalue weighted by Gasteiger charge is 2.17. The SMILES string of the molecule is NNc1ccc(Cl)c(C(=O)NCC2CCCOC2)n1. The molecule has 1 aliphatic rings. The molecule has 1 aliphatic heterocycles. The second-order valence-corrected chi connectivity index (χ2v) is 4.87. The van der Waals surface area contributed by atoms with Crippen LogP contribution >= 0.6 is 11.6 Å². The number of aromatic nitrogens is 1. The summed E-state index contributed by atoms with van der Waals surface area (Å²) in [5.41, 5.74) is 2.56. The quantitative estimate of drug-likeness (QED) is 0.571. The molecule has 1 amide bonds. The fraction of sp³-hybridized carbons (Fsp3) is 0.500. The summed E-state index contributed by atoms with van der Waals surface area (Å²) in [6.45, 7) is 2.06. The molecule has 0 aliphatic carbocycles. The van der Waals surface area contributed by atoms with E-state index < -0.39 is 0 Å². The number of nitrogens with two attached hydrogens (primary N) is 1. The Morgan fingerprint density at radius 1 is 1.58 bits per heavy atom. The number of hydrogen-bond donors (Lipinski definition) is 3. The minimum atomic E-state index is -0.298. The molecule has 104 valence electrons. The molecule has 6 nitrogen and oxygen atoms in total. The maximum absolute atomic E-state index is 12.0. The number of anilines is 1. The normalized spacial score (nSPS) is 18.9. The lowest BCUT2D eigenvalue weighted by molar-refractivity contribution is 0.0536. The van der Waals surface area contributed by atoms with Crippen LogP contribution in [0.1, 0.15) is 23.3 Å². The number of hydrogen-bond acceptors (Lipinski definition) is 5. The highest BCUT2D eigenvalue weighted by atomic mass is 35.5. The van der Waals surface area contributed by atoms with Crippen LogP contribution in [-0.2, 0) is 4.74 Å². The summed E-state index contributed by atoms with van der Waals surface area (Å²) in [5.74, 6) is 5.71. The van der Waals surface area contributed by atoms with Crippen molar-refractivity contribution in [1.29, 1.82) is 0 Å². The lowest BCUT2D eigenvalue weighted by atomic mass is 10.0. The largest absolute Gasteiger partial charge is 0.381 e. The Morgan fingerprint density at radius 3 is 3.11 bits per heavy atom. The number of carbonyl (C=O) groups is 1. The van der Waals surface area contributed by atoms with Gasteiger partial charge in [0, 0.05) is 13.2 Å². The number of carbonyl (C=O) groups excluding carboxylic acids is 1. The minimum absolute atomic E-state index is 0.175. The second kappa shape index (κ2) is 6.70. The molecule has 19 heavy (non-hydrogen) atoms. The molecule has 0 saturated carbocycles. The number of nitrogens with zero attached hydrogens (tertiary/aromatic N) is 1. The zero-order chi connectivity index (χ0) is 13.7. The van der Waals surface area contributed by atoms with Crippen LogP contribution in [0.15, 0.2) is 12.1 Å². The monoisotopic (exact) mass is 284 g/mol. The third-order valence-corrected chi connectivity index (χ3v) is 3.32. The van der Waals surface area contributed by atoms with E-state index in [-0.39, 0.29) is 11.6 Å². The first-order chi connectivity index (χ1) is 9.20. The van der Waals surface area contributed by atoms with Crippen molar-refractivity contribution in [1.82, 2.24) is 10.3 Å². The van der Waals surface area contributed by atoms with Crippen molar-refractivity contribution in [2.45, 2.75) is 12.8 Å². The maximum atomic E-state index is 12.0. The Kier molecular flexibility index (Phi) is 4.95. The first-order valence-corrected chi connectivity index (χ1v) is 6.57. The molecule has 0 aromatic carbocycles. The summed E-state index contributed by atoms with van der Waals surface area (Å²) < 4.78 is 5.36. The fourth-order valence-corrected chi connectivity index (χ4v) is 2.16. The molecule has 0 bridgehead atoms. The Hall–Kier alpha value is -1.37. The smallest absolute Gasteiger partial charge is 0.271 e. The van der Waals surface area contributed by atoms with E-state index in [2.05, 4.69) is 15.7 Å². The lowest BCUT2D eigenvalue weighted by Crippen LogP contribution is -2.33. The molecule has 7 heteroatoms. The Morgan fingerprint density at radius 2 is 2.42 bits per heavy atom. The van der Waals surface area contributed by atoms with Crippen LogP contribution in [0.2, 0.25) is 5.02 Å². The summed E-state index contributed by atoms with van der Waals surface area (Å²) in [6.07, 6.45) is 2.10. The van der Waals surface area contributed by atoms with Gasteiger partial charge in [-0.2, -0.15) is 0 Å². The topological polar surface area (TPSA) is 89.3 Å². The summed E-state index contributed by atoms with van der Waals surface area (Å²) in [4.78, 5) is 16.1. The van der Waals surface area contributed by atoms with Gasteiger partial charge in [0.15, 0.2) is 0 Å². The van der Waals surface area contributed by atoms with Crippen LogP contribution in [0.5, 0.6) is 0 Å². The maximum Gasteiger partial charge on any atom is 0.271 e. The summed E-state index contributed by atoms with van der Waals surface area (Å²) in [6, 6.07) is 3.19. The van der Waals surface area contributed by atoms with Gasteiger partial charge in [-0.05, 0) is 30.9 Å². The number of rotatable bonds is 4. The zero-order valence-corrected chi connectivity index (χ0v) is 11.2. The molecule has 2 heterocycles. The first kappa shape index (κ1) is 14.0. The third-order valence-electron chi connectivity index (χ3n) is 3.01. The van der Waals surface area contributed by atoms with Crippen molar-refractivity contribution in [2.75, 3.05) is 25.2 Å². The average molecular weight is 285 g/mol. The van der Waals surface area contributed by atoms with Crippen molar-refractivity contribution in [3.63, 3.8) is 0 Å². The van der Waals surface area contributed by atoms with Gasteiger partial charge < -0.3 is 15.5 Å². The Labute approximate surface area is 116 Å². The van der Waals surface area contributed by atoms with Crippen LogP contribution in [0.3, 0.4) is 0 Å². The molecule has 1 unspecified atom stereocenters.